The van der Waals surface area contributed by atoms with Gasteiger partial charge in [-0.15, -0.1) is 0 Å². The van der Waals surface area contributed by atoms with E-state index >= 15 is 0 Å². The lowest BCUT2D eigenvalue weighted by molar-refractivity contribution is -0.122. The van der Waals surface area contributed by atoms with Crippen LogP contribution in [0.5, 0.6) is 0 Å². The largest absolute Gasteiger partial charge is 0.374 e. The molecule has 0 saturated carbocycles. The van der Waals surface area contributed by atoms with Crippen molar-refractivity contribution < 1.29 is 9.53 Å². The molecule has 104 valence electrons. The molecule has 1 aromatic heterocycles. The van der Waals surface area contributed by atoms with Gasteiger partial charge in [0.15, 0.2) is 5.78 Å². The summed E-state index contributed by atoms with van der Waals surface area (Å²) in [6, 6.07) is 13.8. The van der Waals surface area contributed by atoms with Crippen LogP contribution in [0, 0.1) is 0 Å². The maximum absolute atomic E-state index is 11.7. The molecule has 0 N–H and O–H groups in total. The van der Waals surface area contributed by atoms with E-state index in [4.69, 9.17) is 4.74 Å². The summed E-state index contributed by atoms with van der Waals surface area (Å²) >= 11 is 0. The number of pyridine rings is 1. The molecule has 20 heavy (non-hydrogen) atoms. The van der Waals surface area contributed by atoms with Gasteiger partial charge in [0.05, 0.1) is 0 Å². The van der Waals surface area contributed by atoms with Gasteiger partial charge >= 0.3 is 0 Å². The van der Waals surface area contributed by atoms with Crippen molar-refractivity contribution in [3.63, 3.8) is 0 Å². The Balaban J connectivity index is 1.58. The summed E-state index contributed by atoms with van der Waals surface area (Å²) in [5.41, 5.74) is 2.29. The normalized spacial score (nSPS) is 10.4. The highest BCUT2D eigenvalue weighted by molar-refractivity contribution is 5.81. The van der Waals surface area contributed by atoms with Gasteiger partial charge < -0.3 is 4.74 Å². The average Bonchev–Trinajstić information content (AvgIpc) is 2.49. The summed E-state index contributed by atoms with van der Waals surface area (Å²) in [4.78, 5) is 15.7. The van der Waals surface area contributed by atoms with Crippen LogP contribution in [0.15, 0.2) is 54.9 Å². The quantitative estimate of drug-likeness (QED) is 0.692. The third-order valence-corrected chi connectivity index (χ3v) is 3.01. The second kappa shape index (κ2) is 8.23. The van der Waals surface area contributed by atoms with Crippen LogP contribution in [-0.2, 0) is 22.4 Å². The van der Waals surface area contributed by atoms with Crippen LogP contribution >= 0.6 is 0 Å². The van der Waals surface area contributed by atoms with E-state index in [1.165, 1.54) is 5.56 Å². The summed E-state index contributed by atoms with van der Waals surface area (Å²) in [6.07, 6.45) is 5.91. The minimum absolute atomic E-state index is 0.125. The van der Waals surface area contributed by atoms with Crippen molar-refractivity contribution in [3.8, 4) is 0 Å². The van der Waals surface area contributed by atoms with Gasteiger partial charge in [0.1, 0.15) is 6.61 Å². The van der Waals surface area contributed by atoms with Crippen LogP contribution in [0.4, 0.5) is 0 Å². The Hall–Kier alpha value is -2.00. The molecule has 0 aliphatic carbocycles. The lowest BCUT2D eigenvalue weighted by Gasteiger charge is -2.04. The van der Waals surface area contributed by atoms with E-state index in [0.717, 1.165) is 18.4 Å². The number of rotatable bonds is 8. The number of hydrogen-bond donors (Lipinski definition) is 0. The van der Waals surface area contributed by atoms with Crippen molar-refractivity contribution in [1.82, 2.24) is 4.98 Å². The molecule has 0 atom stereocenters. The zero-order valence-electron chi connectivity index (χ0n) is 11.5. The van der Waals surface area contributed by atoms with Gasteiger partial charge in [-0.3, -0.25) is 9.78 Å². The predicted octanol–water partition coefficient (Wildman–Crippen LogP) is 2.84. The maximum Gasteiger partial charge on any atom is 0.162 e. The fraction of sp³-hybridized carbons (Fsp3) is 0.294. The standard InChI is InChI=1S/C17H19NO2/c19-17(13-16-5-2-1-3-6-16)14-20-12-4-7-15-8-10-18-11-9-15/h1-3,5-6,8-11H,4,7,12-14H2. The Labute approximate surface area is 119 Å². The third kappa shape index (κ3) is 5.33. The van der Waals surface area contributed by atoms with Crippen molar-refractivity contribution >= 4 is 5.78 Å². The summed E-state index contributed by atoms with van der Waals surface area (Å²) in [5.74, 6) is 0.125. The first-order valence-electron chi connectivity index (χ1n) is 6.87. The number of aryl methyl sites for hydroxylation is 1. The van der Waals surface area contributed by atoms with E-state index in [1.54, 1.807) is 12.4 Å². The smallest absolute Gasteiger partial charge is 0.162 e. The van der Waals surface area contributed by atoms with E-state index in [9.17, 15) is 4.79 Å². The fourth-order valence-corrected chi connectivity index (χ4v) is 1.99. The minimum atomic E-state index is 0.125. The first-order valence-corrected chi connectivity index (χ1v) is 6.87. The lowest BCUT2D eigenvalue weighted by atomic mass is 10.1. The molecule has 1 aromatic carbocycles. The zero-order valence-corrected chi connectivity index (χ0v) is 11.5. The molecule has 0 aliphatic rings. The number of Topliss-reactive ketones (excluding diaryl/α,β-unsaturated/α-hetero) is 1. The molecule has 3 nitrogen and oxygen atoms in total. The van der Waals surface area contributed by atoms with Crippen LogP contribution in [0.1, 0.15) is 17.5 Å². The van der Waals surface area contributed by atoms with Gasteiger partial charge in [-0.05, 0) is 36.1 Å². The van der Waals surface area contributed by atoms with E-state index in [-0.39, 0.29) is 12.4 Å². The number of benzene rings is 1. The third-order valence-electron chi connectivity index (χ3n) is 3.01. The second-order valence-corrected chi connectivity index (χ2v) is 4.71. The van der Waals surface area contributed by atoms with Crippen LogP contribution in [-0.4, -0.2) is 24.0 Å². The summed E-state index contributed by atoms with van der Waals surface area (Å²) in [7, 11) is 0. The molecule has 0 unspecified atom stereocenters. The van der Waals surface area contributed by atoms with Gasteiger partial charge in [-0.2, -0.15) is 0 Å². The van der Waals surface area contributed by atoms with Gasteiger partial charge in [0.2, 0.25) is 0 Å². The molecule has 0 aliphatic heterocycles. The Kier molecular flexibility index (Phi) is 5.93. The zero-order chi connectivity index (χ0) is 14.0. The number of ketones is 1. The molecule has 2 aromatic rings. The highest BCUT2D eigenvalue weighted by Crippen LogP contribution is 2.02. The summed E-state index contributed by atoms with van der Waals surface area (Å²) in [6.45, 7) is 0.814. The van der Waals surface area contributed by atoms with Crippen molar-refractivity contribution in [1.29, 1.82) is 0 Å². The molecule has 0 saturated heterocycles. The highest BCUT2D eigenvalue weighted by atomic mass is 16.5. The van der Waals surface area contributed by atoms with Crippen molar-refractivity contribution in [2.24, 2.45) is 0 Å². The molecule has 0 bridgehead atoms. The number of ether oxygens (including phenoxy) is 1. The molecular weight excluding hydrogens is 250 g/mol. The summed E-state index contributed by atoms with van der Waals surface area (Å²) in [5, 5.41) is 0. The first kappa shape index (κ1) is 14.4. The van der Waals surface area contributed by atoms with Gasteiger partial charge in [-0.25, -0.2) is 0 Å². The number of nitrogens with zero attached hydrogens (tertiary/aromatic N) is 1. The van der Waals surface area contributed by atoms with Crippen molar-refractivity contribution in [2.75, 3.05) is 13.2 Å². The molecule has 3 heteroatoms. The van der Waals surface area contributed by atoms with Gasteiger partial charge in [0.25, 0.3) is 0 Å². The van der Waals surface area contributed by atoms with E-state index in [1.807, 2.05) is 42.5 Å². The molecule has 0 fully saturated rings. The lowest BCUT2D eigenvalue weighted by Crippen LogP contribution is -2.12. The first-order chi connectivity index (χ1) is 9.84. The number of carbonyl (C=O) groups is 1. The second-order valence-electron chi connectivity index (χ2n) is 4.71. The monoisotopic (exact) mass is 269 g/mol. The predicted molar refractivity (Wildman–Crippen MR) is 78.5 cm³/mol. The molecular formula is C17H19NO2. The Morgan fingerprint density at radius 1 is 1.00 bits per heavy atom. The van der Waals surface area contributed by atoms with Gasteiger partial charge in [0, 0.05) is 25.4 Å². The maximum atomic E-state index is 11.7. The van der Waals surface area contributed by atoms with E-state index in [0.29, 0.717) is 13.0 Å². The van der Waals surface area contributed by atoms with E-state index < -0.39 is 0 Å². The topological polar surface area (TPSA) is 39.2 Å². The van der Waals surface area contributed by atoms with E-state index in [2.05, 4.69) is 4.98 Å². The van der Waals surface area contributed by atoms with Crippen LogP contribution < -0.4 is 0 Å². The Morgan fingerprint density at radius 2 is 1.75 bits per heavy atom. The number of carbonyl (C=O) groups excluding carboxylic acids is 1. The Bertz CT molecular complexity index is 511. The van der Waals surface area contributed by atoms with Crippen LogP contribution in [0.2, 0.25) is 0 Å². The van der Waals surface area contributed by atoms with Crippen LogP contribution in [0.3, 0.4) is 0 Å². The minimum Gasteiger partial charge on any atom is -0.374 e. The van der Waals surface area contributed by atoms with Crippen molar-refractivity contribution in [2.45, 2.75) is 19.3 Å². The molecule has 0 amide bonds. The SMILES string of the molecule is O=C(COCCCc1ccncc1)Cc1ccccc1. The fourth-order valence-electron chi connectivity index (χ4n) is 1.99. The van der Waals surface area contributed by atoms with Crippen molar-refractivity contribution in [3.05, 3.63) is 66.0 Å². The Morgan fingerprint density at radius 3 is 2.50 bits per heavy atom. The van der Waals surface area contributed by atoms with Gasteiger partial charge in [-0.1, -0.05) is 30.3 Å². The average molecular weight is 269 g/mol. The highest BCUT2D eigenvalue weighted by Gasteiger charge is 2.03. The van der Waals surface area contributed by atoms with Crippen LogP contribution in [0.25, 0.3) is 0 Å². The molecule has 0 spiro atoms. The summed E-state index contributed by atoms with van der Waals surface area (Å²) < 4.78 is 5.42. The molecule has 1 heterocycles. The number of hydrogen-bond acceptors (Lipinski definition) is 3. The molecule has 0 radical (unpaired) electrons. The molecule has 2 rings (SSSR count). The number of aromatic nitrogens is 1.